The third-order valence-corrected chi connectivity index (χ3v) is 4.54. The van der Waals surface area contributed by atoms with E-state index in [1.165, 1.54) is 0 Å². The fourth-order valence-corrected chi connectivity index (χ4v) is 3.00. The fraction of sp³-hybridized carbons (Fsp3) is 0.316. The van der Waals surface area contributed by atoms with Crippen LogP contribution in [0.1, 0.15) is 6.42 Å². The lowest BCUT2D eigenvalue weighted by molar-refractivity contribution is -0.142. The average Bonchev–Trinajstić information content (AvgIpc) is 2.71. The molecule has 1 aliphatic rings. The number of rotatable bonds is 5. The van der Waals surface area contributed by atoms with Crippen molar-refractivity contribution < 1.29 is 19.1 Å². The second kappa shape index (κ2) is 8.50. The summed E-state index contributed by atoms with van der Waals surface area (Å²) in [4.78, 5) is 38.7. The second-order valence-corrected chi connectivity index (χ2v) is 6.30. The highest BCUT2D eigenvalue weighted by Gasteiger charge is 2.25. The summed E-state index contributed by atoms with van der Waals surface area (Å²) in [6.45, 7) is 1.55. The van der Waals surface area contributed by atoms with Crippen LogP contribution in [0.25, 0.3) is 10.8 Å². The summed E-state index contributed by atoms with van der Waals surface area (Å²) in [6.07, 6.45) is -0.282. The predicted octanol–water partition coefficient (Wildman–Crippen LogP) is 0.269. The third-order valence-electron chi connectivity index (χ3n) is 4.54. The smallest absolute Gasteiger partial charge is 0.260 e. The van der Waals surface area contributed by atoms with E-state index >= 15 is 0 Å². The van der Waals surface area contributed by atoms with Gasteiger partial charge < -0.3 is 14.5 Å². The molecule has 8 heteroatoms. The summed E-state index contributed by atoms with van der Waals surface area (Å²) < 4.78 is 5.63. The van der Waals surface area contributed by atoms with Gasteiger partial charge in [-0.15, -0.1) is 0 Å². The van der Waals surface area contributed by atoms with E-state index in [2.05, 4.69) is 0 Å². The van der Waals surface area contributed by atoms with Crippen LogP contribution >= 0.6 is 0 Å². The van der Waals surface area contributed by atoms with E-state index in [1.807, 2.05) is 47.9 Å². The molecule has 0 aliphatic carbocycles. The number of carbonyl (C=O) groups is 3. The van der Waals surface area contributed by atoms with Crippen LogP contribution in [0.5, 0.6) is 5.75 Å². The van der Waals surface area contributed by atoms with Gasteiger partial charge in [0.1, 0.15) is 12.2 Å². The van der Waals surface area contributed by atoms with E-state index < -0.39 is 5.91 Å². The number of fused-ring (bicyclic) bond motifs is 1. The van der Waals surface area contributed by atoms with Crippen LogP contribution in [0.4, 0.5) is 0 Å². The zero-order valence-electron chi connectivity index (χ0n) is 14.9. The summed E-state index contributed by atoms with van der Waals surface area (Å²) in [5.74, 6) is 4.68. The van der Waals surface area contributed by atoms with Crippen molar-refractivity contribution in [3.63, 3.8) is 0 Å². The molecule has 3 N–H and O–H groups in total. The lowest BCUT2D eigenvalue weighted by Gasteiger charge is -2.34. The Morgan fingerprint density at radius 3 is 2.22 bits per heavy atom. The number of nitrogens with two attached hydrogens (primary N) is 1. The van der Waals surface area contributed by atoms with Crippen molar-refractivity contribution in [2.75, 3.05) is 32.8 Å². The highest BCUT2D eigenvalue weighted by Crippen LogP contribution is 2.20. The van der Waals surface area contributed by atoms with Gasteiger partial charge in [-0.05, 0) is 22.9 Å². The van der Waals surface area contributed by atoms with Gasteiger partial charge in [0.25, 0.3) is 5.91 Å². The number of carbonyl (C=O) groups excluding carboxylic acids is 3. The van der Waals surface area contributed by atoms with Gasteiger partial charge in [-0.2, -0.15) is 0 Å². The van der Waals surface area contributed by atoms with Crippen LogP contribution in [-0.2, 0) is 14.4 Å². The number of amides is 3. The summed E-state index contributed by atoms with van der Waals surface area (Å²) in [5.41, 5.74) is 1.94. The SMILES string of the molecule is NNC(=O)CC(=O)N1CCN(C(=O)COc2ccc3ccccc3c2)CC1. The van der Waals surface area contributed by atoms with Crippen molar-refractivity contribution in [3.8, 4) is 5.75 Å². The molecule has 0 radical (unpaired) electrons. The van der Waals surface area contributed by atoms with Gasteiger partial charge in [0, 0.05) is 26.2 Å². The Hall–Kier alpha value is -3.13. The Kier molecular flexibility index (Phi) is 5.87. The number of ether oxygens (including phenoxy) is 1. The minimum atomic E-state index is -0.526. The Balaban J connectivity index is 1.47. The first kappa shape index (κ1) is 18.7. The maximum Gasteiger partial charge on any atom is 0.260 e. The summed E-state index contributed by atoms with van der Waals surface area (Å²) in [5, 5.41) is 2.16. The van der Waals surface area contributed by atoms with E-state index in [0.717, 1.165) is 10.8 Å². The summed E-state index contributed by atoms with van der Waals surface area (Å²) in [7, 11) is 0. The molecule has 1 aliphatic heterocycles. The van der Waals surface area contributed by atoms with Crippen molar-refractivity contribution >= 4 is 28.5 Å². The molecular weight excluding hydrogens is 348 g/mol. The Morgan fingerprint density at radius 2 is 1.56 bits per heavy atom. The van der Waals surface area contributed by atoms with Gasteiger partial charge in [0.2, 0.25) is 11.8 Å². The van der Waals surface area contributed by atoms with Crippen LogP contribution in [0, 0.1) is 0 Å². The van der Waals surface area contributed by atoms with E-state index in [1.54, 1.807) is 9.80 Å². The van der Waals surface area contributed by atoms with Crippen LogP contribution in [0.2, 0.25) is 0 Å². The first-order chi connectivity index (χ1) is 13.1. The number of hydrogen-bond acceptors (Lipinski definition) is 5. The second-order valence-electron chi connectivity index (χ2n) is 6.30. The minimum absolute atomic E-state index is 0.0537. The molecule has 0 atom stereocenters. The molecule has 0 bridgehead atoms. The molecule has 2 aromatic carbocycles. The molecule has 27 heavy (non-hydrogen) atoms. The van der Waals surface area contributed by atoms with Crippen molar-refractivity contribution in [3.05, 3.63) is 42.5 Å². The molecule has 1 fully saturated rings. The van der Waals surface area contributed by atoms with Crippen molar-refractivity contribution in [2.45, 2.75) is 6.42 Å². The van der Waals surface area contributed by atoms with E-state index in [4.69, 9.17) is 10.6 Å². The minimum Gasteiger partial charge on any atom is -0.484 e. The fourth-order valence-electron chi connectivity index (χ4n) is 3.00. The number of hydrazine groups is 1. The Labute approximate surface area is 156 Å². The zero-order chi connectivity index (χ0) is 19.2. The first-order valence-electron chi connectivity index (χ1n) is 8.73. The van der Waals surface area contributed by atoms with Gasteiger partial charge in [-0.1, -0.05) is 30.3 Å². The number of piperazine rings is 1. The van der Waals surface area contributed by atoms with Crippen LogP contribution in [0.15, 0.2) is 42.5 Å². The molecule has 0 saturated carbocycles. The topological polar surface area (TPSA) is 105 Å². The summed E-state index contributed by atoms with van der Waals surface area (Å²) in [6, 6.07) is 13.6. The van der Waals surface area contributed by atoms with Crippen molar-refractivity contribution in [2.24, 2.45) is 5.84 Å². The lowest BCUT2D eigenvalue weighted by atomic mass is 10.1. The predicted molar refractivity (Wildman–Crippen MR) is 99.6 cm³/mol. The average molecular weight is 370 g/mol. The normalized spacial score (nSPS) is 14.1. The zero-order valence-corrected chi connectivity index (χ0v) is 14.9. The quantitative estimate of drug-likeness (QED) is 0.340. The lowest BCUT2D eigenvalue weighted by Crippen LogP contribution is -2.52. The monoisotopic (exact) mass is 370 g/mol. The van der Waals surface area contributed by atoms with Gasteiger partial charge in [0.05, 0.1) is 0 Å². The van der Waals surface area contributed by atoms with E-state index in [9.17, 15) is 14.4 Å². The molecule has 0 spiro atoms. The van der Waals surface area contributed by atoms with Crippen molar-refractivity contribution in [1.82, 2.24) is 15.2 Å². The van der Waals surface area contributed by atoms with Gasteiger partial charge in [-0.25, -0.2) is 5.84 Å². The van der Waals surface area contributed by atoms with Crippen LogP contribution in [-0.4, -0.2) is 60.3 Å². The Morgan fingerprint density at radius 1 is 0.926 bits per heavy atom. The molecule has 1 saturated heterocycles. The molecule has 3 rings (SSSR count). The first-order valence-corrected chi connectivity index (χ1v) is 8.73. The number of benzene rings is 2. The maximum atomic E-state index is 12.4. The molecule has 3 amide bonds. The highest BCUT2D eigenvalue weighted by molar-refractivity contribution is 5.96. The van der Waals surface area contributed by atoms with Gasteiger partial charge in [0.15, 0.2) is 6.61 Å². The van der Waals surface area contributed by atoms with Gasteiger partial charge in [-0.3, -0.25) is 19.8 Å². The molecule has 2 aromatic rings. The Bertz CT molecular complexity index is 846. The molecule has 0 aromatic heterocycles. The van der Waals surface area contributed by atoms with E-state index in [0.29, 0.717) is 31.9 Å². The van der Waals surface area contributed by atoms with Crippen LogP contribution < -0.4 is 16.0 Å². The number of nitrogens with one attached hydrogen (secondary N) is 1. The van der Waals surface area contributed by atoms with E-state index in [-0.39, 0.29) is 24.8 Å². The highest BCUT2D eigenvalue weighted by atomic mass is 16.5. The largest absolute Gasteiger partial charge is 0.484 e. The molecule has 8 nitrogen and oxygen atoms in total. The van der Waals surface area contributed by atoms with Crippen LogP contribution in [0.3, 0.4) is 0 Å². The number of hydrogen-bond donors (Lipinski definition) is 2. The summed E-state index contributed by atoms with van der Waals surface area (Å²) >= 11 is 0. The molecular formula is C19H22N4O4. The maximum absolute atomic E-state index is 12.4. The molecule has 142 valence electrons. The molecule has 1 heterocycles. The third kappa shape index (κ3) is 4.73. The molecule has 0 unspecified atom stereocenters. The standard InChI is InChI=1S/C19H22N4O4/c20-21-17(24)12-18(25)22-7-9-23(10-8-22)19(26)13-27-16-6-5-14-3-1-2-4-15(14)11-16/h1-6,11H,7-10,12-13,20H2,(H,21,24). The van der Waals surface area contributed by atoms with Gasteiger partial charge >= 0.3 is 0 Å². The number of nitrogens with zero attached hydrogens (tertiary/aromatic N) is 2. The van der Waals surface area contributed by atoms with Crippen molar-refractivity contribution in [1.29, 1.82) is 0 Å².